The first-order chi connectivity index (χ1) is 11.5. The van der Waals surface area contributed by atoms with Gasteiger partial charge in [-0.3, -0.25) is 4.79 Å². The average Bonchev–Trinajstić information content (AvgIpc) is 2.96. The van der Waals surface area contributed by atoms with Gasteiger partial charge in [0.25, 0.3) is 10.0 Å². The molecule has 0 saturated heterocycles. The summed E-state index contributed by atoms with van der Waals surface area (Å²) in [7, 11) is -3.82. The Balaban J connectivity index is 2.12. The van der Waals surface area contributed by atoms with Crippen molar-refractivity contribution in [2.45, 2.75) is 45.0 Å². The van der Waals surface area contributed by atoms with Crippen LogP contribution in [0.15, 0.2) is 28.6 Å². The minimum atomic E-state index is -3.82. The minimum Gasteiger partial charge on any atom is -0.300 e. The van der Waals surface area contributed by atoms with Gasteiger partial charge in [-0.1, -0.05) is 61.9 Å². The maximum absolute atomic E-state index is 12.5. The molecule has 9 heteroatoms. The highest BCUT2D eigenvalue weighted by molar-refractivity contribution is 7.91. The van der Waals surface area contributed by atoms with Gasteiger partial charge in [0.1, 0.15) is 0 Å². The summed E-state index contributed by atoms with van der Waals surface area (Å²) in [4.78, 5) is 11.9. The van der Waals surface area contributed by atoms with Crippen LogP contribution in [-0.2, 0) is 14.8 Å². The highest BCUT2D eigenvalue weighted by atomic mass is 32.2. The summed E-state index contributed by atoms with van der Waals surface area (Å²) in [6, 6.07) is 7.17. The Kier molecular flexibility index (Phi) is 5.60. The third-order valence-corrected chi connectivity index (χ3v) is 6.19. The molecule has 1 amide bonds. The fourth-order valence-electron chi connectivity index (χ4n) is 1.86. The lowest BCUT2D eigenvalue weighted by atomic mass is 9.96. The van der Waals surface area contributed by atoms with Gasteiger partial charge < -0.3 is 5.32 Å². The molecular formula is C16H22N4O3S2. The lowest BCUT2D eigenvalue weighted by Crippen LogP contribution is -2.27. The number of amides is 1. The van der Waals surface area contributed by atoms with Gasteiger partial charge in [0.2, 0.25) is 15.4 Å². The number of carbonyl (C=O) groups excluding carboxylic acids is 1. The van der Waals surface area contributed by atoms with Gasteiger partial charge in [0, 0.05) is 11.5 Å². The zero-order chi connectivity index (χ0) is 18.8. The van der Waals surface area contributed by atoms with E-state index in [1.54, 1.807) is 27.7 Å². The van der Waals surface area contributed by atoms with Crippen molar-refractivity contribution in [1.82, 2.24) is 14.9 Å². The third-order valence-electron chi connectivity index (χ3n) is 3.45. The molecule has 0 aliphatic heterocycles. The third kappa shape index (κ3) is 5.07. The van der Waals surface area contributed by atoms with Crippen molar-refractivity contribution in [3.05, 3.63) is 35.4 Å². The Morgan fingerprint density at radius 3 is 2.32 bits per heavy atom. The molecule has 0 aliphatic carbocycles. The lowest BCUT2D eigenvalue weighted by Gasteiger charge is -2.15. The Morgan fingerprint density at radius 1 is 1.16 bits per heavy atom. The highest BCUT2D eigenvalue weighted by Crippen LogP contribution is 2.24. The highest BCUT2D eigenvalue weighted by Gasteiger charge is 2.26. The van der Waals surface area contributed by atoms with E-state index in [-0.39, 0.29) is 15.4 Å². The second kappa shape index (κ2) is 7.19. The van der Waals surface area contributed by atoms with Gasteiger partial charge in [-0.2, -0.15) is 0 Å². The maximum Gasteiger partial charge on any atom is 0.270 e. The van der Waals surface area contributed by atoms with Crippen molar-refractivity contribution in [3.63, 3.8) is 0 Å². The van der Waals surface area contributed by atoms with Gasteiger partial charge in [-0.25, -0.2) is 13.1 Å². The standard InChI is InChI=1S/C16H22N4O3S2/c1-10-6-8-12(9-7-10)11(2)20-25(22,23)15-19-18-14(24-15)17-13(21)16(3,4)5/h6-9,11,20H,1-5H3,(H,17,18,21)/t11-/m1/s1. The van der Waals surface area contributed by atoms with Gasteiger partial charge in [0.15, 0.2) is 0 Å². The molecule has 0 bridgehead atoms. The molecule has 2 aromatic rings. The van der Waals surface area contributed by atoms with Crippen LogP contribution in [0.2, 0.25) is 0 Å². The number of aryl methyl sites for hydroxylation is 1. The van der Waals surface area contributed by atoms with Gasteiger partial charge in [-0.05, 0) is 19.4 Å². The molecule has 0 spiro atoms. The van der Waals surface area contributed by atoms with Crippen LogP contribution >= 0.6 is 11.3 Å². The van der Waals surface area contributed by atoms with E-state index >= 15 is 0 Å². The molecule has 1 aromatic heterocycles. The number of benzene rings is 1. The first kappa shape index (κ1) is 19.5. The van der Waals surface area contributed by atoms with Crippen molar-refractivity contribution in [2.24, 2.45) is 5.41 Å². The number of aromatic nitrogens is 2. The lowest BCUT2D eigenvalue weighted by molar-refractivity contribution is -0.123. The van der Waals surface area contributed by atoms with Gasteiger partial charge >= 0.3 is 0 Å². The molecular weight excluding hydrogens is 360 g/mol. The number of carbonyl (C=O) groups is 1. The van der Waals surface area contributed by atoms with E-state index < -0.39 is 21.5 Å². The molecule has 0 radical (unpaired) electrons. The quantitative estimate of drug-likeness (QED) is 0.774. The molecule has 25 heavy (non-hydrogen) atoms. The number of nitrogens with zero attached hydrogens (tertiary/aromatic N) is 2. The zero-order valence-electron chi connectivity index (χ0n) is 14.8. The molecule has 136 valence electrons. The van der Waals surface area contributed by atoms with Crippen LogP contribution in [0.1, 0.15) is 44.9 Å². The van der Waals surface area contributed by atoms with E-state index in [1.165, 1.54) is 0 Å². The van der Waals surface area contributed by atoms with Gasteiger partial charge in [-0.15, -0.1) is 10.2 Å². The van der Waals surface area contributed by atoms with E-state index in [9.17, 15) is 13.2 Å². The normalized spacial score (nSPS) is 13.5. The number of nitrogens with one attached hydrogen (secondary N) is 2. The monoisotopic (exact) mass is 382 g/mol. The first-order valence-corrected chi connectivity index (χ1v) is 10.0. The van der Waals surface area contributed by atoms with Crippen molar-refractivity contribution in [2.75, 3.05) is 5.32 Å². The zero-order valence-corrected chi connectivity index (χ0v) is 16.5. The largest absolute Gasteiger partial charge is 0.300 e. The van der Waals surface area contributed by atoms with Crippen molar-refractivity contribution in [3.8, 4) is 0 Å². The summed E-state index contributed by atoms with van der Waals surface area (Å²) >= 11 is 0.819. The SMILES string of the molecule is Cc1ccc([C@@H](C)NS(=O)(=O)c2nnc(NC(=O)C(C)(C)C)s2)cc1. The molecule has 0 fully saturated rings. The molecule has 0 saturated carbocycles. The van der Waals surface area contributed by atoms with Crippen molar-refractivity contribution in [1.29, 1.82) is 0 Å². The topological polar surface area (TPSA) is 101 Å². The predicted octanol–water partition coefficient (Wildman–Crippen LogP) is 2.87. The maximum atomic E-state index is 12.5. The molecule has 7 nitrogen and oxygen atoms in total. The van der Waals surface area contributed by atoms with Crippen LogP contribution in [0, 0.1) is 12.3 Å². The van der Waals surface area contributed by atoms with E-state index in [2.05, 4.69) is 20.2 Å². The van der Waals surface area contributed by atoms with Crippen LogP contribution in [0.25, 0.3) is 0 Å². The van der Waals surface area contributed by atoms with Crippen LogP contribution in [0.5, 0.6) is 0 Å². The molecule has 1 aromatic carbocycles. The van der Waals surface area contributed by atoms with Crippen LogP contribution in [0.4, 0.5) is 5.13 Å². The van der Waals surface area contributed by atoms with E-state index in [0.717, 1.165) is 22.5 Å². The molecule has 2 rings (SSSR count). The Morgan fingerprint density at radius 2 is 1.76 bits per heavy atom. The molecule has 1 heterocycles. The number of rotatable bonds is 5. The summed E-state index contributed by atoms with van der Waals surface area (Å²) in [6.45, 7) is 8.99. The molecule has 2 N–H and O–H groups in total. The summed E-state index contributed by atoms with van der Waals surface area (Å²) in [5.74, 6) is -0.256. The van der Waals surface area contributed by atoms with Crippen LogP contribution < -0.4 is 10.0 Å². The van der Waals surface area contributed by atoms with Crippen LogP contribution in [0.3, 0.4) is 0 Å². The molecule has 0 aliphatic rings. The Labute approximate surface area is 151 Å². The summed E-state index contributed by atoms with van der Waals surface area (Å²) in [6.07, 6.45) is 0. The van der Waals surface area contributed by atoms with Crippen molar-refractivity contribution >= 4 is 32.4 Å². The number of sulfonamides is 1. The van der Waals surface area contributed by atoms with Crippen LogP contribution in [-0.4, -0.2) is 24.5 Å². The fraction of sp³-hybridized carbons (Fsp3) is 0.438. The van der Waals surface area contributed by atoms with Crippen molar-refractivity contribution < 1.29 is 13.2 Å². The summed E-state index contributed by atoms with van der Waals surface area (Å²) in [5.41, 5.74) is 1.34. The smallest absolute Gasteiger partial charge is 0.270 e. The second-order valence-electron chi connectivity index (χ2n) is 6.83. The number of hydrogen-bond acceptors (Lipinski definition) is 6. The summed E-state index contributed by atoms with van der Waals surface area (Å²) < 4.78 is 27.3. The second-order valence-corrected chi connectivity index (χ2v) is 9.70. The predicted molar refractivity (Wildman–Crippen MR) is 97.9 cm³/mol. The summed E-state index contributed by atoms with van der Waals surface area (Å²) in [5, 5.41) is 10.2. The Bertz CT molecular complexity index is 852. The molecule has 1 atom stereocenters. The Hall–Kier alpha value is -1.84. The first-order valence-electron chi connectivity index (χ1n) is 7.73. The van der Waals surface area contributed by atoms with E-state index in [1.807, 2.05) is 31.2 Å². The van der Waals surface area contributed by atoms with E-state index in [0.29, 0.717) is 0 Å². The fourth-order valence-corrected chi connectivity index (χ4v) is 4.00. The minimum absolute atomic E-state index is 0.156. The van der Waals surface area contributed by atoms with Gasteiger partial charge in [0.05, 0.1) is 0 Å². The molecule has 0 unspecified atom stereocenters. The average molecular weight is 383 g/mol. The number of anilines is 1. The van der Waals surface area contributed by atoms with E-state index in [4.69, 9.17) is 0 Å². The number of hydrogen-bond donors (Lipinski definition) is 2.